The molecule has 2 aromatic rings. The van der Waals surface area contributed by atoms with Gasteiger partial charge in [-0.2, -0.15) is 5.10 Å². The number of carbonyl (C=O) groups excluding carboxylic acids is 1. The highest BCUT2D eigenvalue weighted by molar-refractivity contribution is 5.77. The van der Waals surface area contributed by atoms with Gasteiger partial charge in [-0.1, -0.05) is 0 Å². The second-order valence-electron chi connectivity index (χ2n) is 6.92. The van der Waals surface area contributed by atoms with Crippen molar-refractivity contribution in [3.05, 3.63) is 29.2 Å². The first-order valence-corrected chi connectivity index (χ1v) is 8.85. The standard InChI is InChI=1S/C18H27N5O2/c1-13-7-14(2)23-18(21-13)16(9-20-23)11-22-6-4-5-15(10-22)8-19-17(24)12-25-3/h7,9,15H,4-6,8,10-12H2,1-3H3,(H,19,24). The Morgan fingerprint density at radius 1 is 1.44 bits per heavy atom. The first-order chi connectivity index (χ1) is 12.1. The van der Waals surface area contributed by atoms with Crippen molar-refractivity contribution in [2.75, 3.05) is 33.4 Å². The lowest BCUT2D eigenvalue weighted by Gasteiger charge is -2.32. The van der Waals surface area contributed by atoms with Crippen molar-refractivity contribution in [1.29, 1.82) is 0 Å². The predicted octanol–water partition coefficient (Wildman–Crippen LogP) is 1.32. The Labute approximate surface area is 148 Å². The molecule has 1 unspecified atom stereocenters. The number of carbonyl (C=O) groups is 1. The molecule has 0 bridgehead atoms. The summed E-state index contributed by atoms with van der Waals surface area (Å²) in [4.78, 5) is 18.7. The minimum Gasteiger partial charge on any atom is -0.375 e. The Hall–Kier alpha value is -1.99. The molecule has 25 heavy (non-hydrogen) atoms. The summed E-state index contributed by atoms with van der Waals surface area (Å²) < 4.78 is 6.77. The molecule has 1 atom stereocenters. The molecule has 1 N–H and O–H groups in total. The molecule has 2 aromatic heterocycles. The van der Waals surface area contributed by atoms with Gasteiger partial charge in [0.1, 0.15) is 6.61 Å². The van der Waals surface area contributed by atoms with E-state index < -0.39 is 0 Å². The zero-order valence-electron chi connectivity index (χ0n) is 15.3. The van der Waals surface area contributed by atoms with Crippen molar-refractivity contribution in [3.8, 4) is 0 Å². The molecule has 1 aliphatic heterocycles. The molecular weight excluding hydrogens is 318 g/mol. The third-order valence-corrected chi connectivity index (χ3v) is 4.71. The fraction of sp³-hybridized carbons (Fsp3) is 0.611. The number of nitrogens with zero attached hydrogens (tertiary/aromatic N) is 4. The van der Waals surface area contributed by atoms with Crippen molar-refractivity contribution in [2.24, 2.45) is 5.92 Å². The molecule has 1 aliphatic rings. The maximum atomic E-state index is 11.6. The fourth-order valence-corrected chi connectivity index (χ4v) is 3.57. The molecular formula is C18H27N5O2. The van der Waals surface area contributed by atoms with Crippen molar-refractivity contribution >= 4 is 11.6 Å². The number of hydrogen-bond donors (Lipinski definition) is 1. The van der Waals surface area contributed by atoms with Gasteiger partial charge in [0.05, 0.1) is 6.20 Å². The first kappa shape index (κ1) is 17.8. The highest BCUT2D eigenvalue weighted by Gasteiger charge is 2.22. The van der Waals surface area contributed by atoms with Crippen LogP contribution in [0, 0.1) is 19.8 Å². The van der Waals surface area contributed by atoms with Gasteiger partial charge in [-0.25, -0.2) is 9.50 Å². The fourth-order valence-electron chi connectivity index (χ4n) is 3.57. The molecule has 0 aliphatic carbocycles. The molecule has 1 saturated heterocycles. The van der Waals surface area contributed by atoms with E-state index in [0.29, 0.717) is 12.5 Å². The molecule has 7 heteroatoms. The van der Waals surface area contributed by atoms with Gasteiger partial charge < -0.3 is 10.1 Å². The van der Waals surface area contributed by atoms with Crippen LogP contribution in [0.4, 0.5) is 0 Å². The second kappa shape index (κ2) is 7.93. The van der Waals surface area contributed by atoms with Crippen LogP contribution in [0.5, 0.6) is 0 Å². The number of ether oxygens (including phenoxy) is 1. The van der Waals surface area contributed by atoms with Gasteiger partial charge in [-0.15, -0.1) is 0 Å². The van der Waals surface area contributed by atoms with E-state index in [4.69, 9.17) is 4.74 Å². The van der Waals surface area contributed by atoms with Crippen LogP contribution >= 0.6 is 0 Å². The van der Waals surface area contributed by atoms with Gasteiger partial charge in [0.25, 0.3) is 0 Å². The Kier molecular flexibility index (Phi) is 5.65. The molecule has 1 amide bonds. The summed E-state index contributed by atoms with van der Waals surface area (Å²) in [5.41, 5.74) is 4.24. The third-order valence-electron chi connectivity index (χ3n) is 4.71. The van der Waals surface area contributed by atoms with E-state index in [1.165, 1.54) is 7.11 Å². The van der Waals surface area contributed by atoms with Gasteiger partial charge in [0, 0.05) is 43.7 Å². The maximum Gasteiger partial charge on any atom is 0.245 e. The SMILES string of the molecule is COCC(=O)NCC1CCCN(Cc2cnn3c(C)cc(C)nc23)C1. The lowest BCUT2D eigenvalue weighted by atomic mass is 9.97. The molecule has 0 saturated carbocycles. The number of fused-ring (bicyclic) bond motifs is 1. The van der Waals surface area contributed by atoms with Crippen LogP contribution in [0.25, 0.3) is 5.65 Å². The molecule has 7 nitrogen and oxygen atoms in total. The van der Waals surface area contributed by atoms with E-state index in [-0.39, 0.29) is 12.5 Å². The summed E-state index contributed by atoms with van der Waals surface area (Å²) in [6.07, 6.45) is 4.23. The molecule has 0 radical (unpaired) electrons. The monoisotopic (exact) mass is 345 g/mol. The van der Waals surface area contributed by atoms with Crippen LogP contribution in [-0.4, -0.2) is 58.8 Å². The van der Waals surface area contributed by atoms with Crippen LogP contribution < -0.4 is 5.32 Å². The van der Waals surface area contributed by atoms with Crippen LogP contribution in [-0.2, 0) is 16.1 Å². The quantitative estimate of drug-likeness (QED) is 0.855. The van der Waals surface area contributed by atoms with Crippen LogP contribution in [0.1, 0.15) is 29.8 Å². The van der Waals surface area contributed by atoms with E-state index in [1.807, 2.05) is 23.7 Å². The molecule has 3 rings (SSSR count). The lowest BCUT2D eigenvalue weighted by Crippen LogP contribution is -2.41. The van der Waals surface area contributed by atoms with Gasteiger partial charge in [0.2, 0.25) is 5.91 Å². The van der Waals surface area contributed by atoms with Crippen molar-refractivity contribution < 1.29 is 9.53 Å². The van der Waals surface area contributed by atoms with Gasteiger partial charge in [-0.05, 0) is 45.2 Å². The number of aryl methyl sites for hydroxylation is 2. The largest absolute Gasteiger partial charge is 0.375 e. The third kappa shape index (κ3) is 4.35. The van der Waals surface area contributed by atoms with Crippen molar-refractivity contribution in [1.82, 2.24) is 24.8 Å². The van der Waals surface area contributed by atoms with Crippen LogP contribution in [0.2, 0.25) is 0 Å². The second-order valence-corrected chi connectivity index (χ2v) is 6.92. The summed E-state index contributed by atoms with van der Waals surface area (Å²) in [7, 11) is 1.54. The zero-order chi connectivity index (χ0) is 17.8. The summed E-state index contributed by atoms with van der Waals surface area (Å²) >= 11 is 0. The Morgan fingerprint density at radius 3 is 3.08 bits per heavy atom. The molecule has 0 spiro atoms. The number of piperidine rings is 1. The first-order valence-electron chi connectivity index (χ1n) is 8.85. The topological polar surface area (TPSA) is 71.8 Å². The number of likely N-dealkylation sites (tertiary alicyclic amines) is 1. The summed E-state index contributed by atoms with van der Waals surface area (Å²) in [5, 5.41) is 7.44. The normalized spacial score (nSPS) is 18.6. The molecule has 0 aromatic carbocycles. The smallest absolute Gasteiger partial charge is 0.245 e. The number of nitrogens with one attached hydrogen (secondary N) is 1. The Morgan fingerprint density at radius 2 is 2.28 bits per heavy atom. The summed E-state index contributed by atoms with van der Waals surface area (Å²) in [5.74, 6) is 0.435. The Balaban J connectivity index is 1.62. The summed E-state index contributed by atoms with van der Waals surface area (Å²) in [6, 6.07) is 2.05. The van der Waals surface area contributed by atoms with Gasteiger partial charge >= 0.3 is 0 Å². The number of aromatic nitrogens is 3. The number of rotatable bonds is 6. The average molecular weight is 345 g/mol. The highest BCUT2D eigenvalue weighted by atomic mass is 16.5. The zero-order valence-corrected chi connectivity index (χ0v) is 15.3. The van der Waals surface area contributed by atoms with Crippen LogP contribution in [0.3, 0.4) is 0 Å². The maximum absolute atomic E-state index is 11.6. The molecule has 3 heterocycles. The predicted molar refractivity (Wildman–Crippen MR) is 95.3 cm³/mol. The highest BCUT2D eigenvalue weighted by Crippen LogP contribution is 2.20. The number of methoxy groups -OCH3 is 1. The minimum atomic E-state index is -0.0441. The molecule has 1 fully saturated rings. The van der Waals surface area contributed by atoms with E-state index in [9.17, 15) is 4.79 Å². The molecule has 136 valence electrons. The van der Waals surface area contributed by atoms with E-state index in [1.54, 1.807) is 0 Å². The van der Waals surface area contributed by atoms with E-state index in [0.717, 1.165) is 55.1 Å². The van der Waals surface area contributed by atoms with Gasteiger partial charge in [0.15, 0.2) is 5.65 Å². The van der Waals surface area contributed by atoms with E-state index in [2.05, 4.69) is 27.2 Å². The van der Waals surface area contributed by atoms with Crippen LogP contribution in [0.15, 0.2) is 12.3 Å². The van der Waals surface area contributed by atoms with Crippen molar-refractivity contribution in [2.45, 2.75) is 33.2 Å². The lowest BCUT2D eigenvalue weighted by molar-refractivity contribution is -0.125. The number of amides is 1. The Bertz CT molecular complexity index is 742. The van der Waals surface area contributed by atoms with Crippen molar-refractivity contribution in [3.63, 3.8) is 0 Å². The number of hydrogen-bond acceptors (Lipinski definition) is 5. The summed E-state index contributed by atoms with van der Waals surface area (Å²) in [6.45, 7) is 7.82. The minimum absolute atomic E-state index is 0.0441. The average Bonchev–Trinajstić information content (AvgIpc) is 2.97. The van der Waals surface area contributed by atoms with E-state index >= 15 is 0 Å². The van der Waals surface area contributed by atoms with Gasteiger partial charge in [-0.3, -0.25) is 9.69 Å².